The number of allylic oxidation sites excluding steroid dienone is 2. The second kappa shape index (κ2) is 6.73. The number of benzene rings is 2. The van der Waals surface area contributed by atoms with Gasteiger partial charge >= 0.3 is 5.97 Å². The van der Waals surface area contributed by atoms with E-state index in [-0.39, 0.29) is 16.4 Å². The van der Waals surface area contributed by atoms with Crippen LogP contribution < -0.4 is 0 Å². The van der Waals surface area contributed by atoms with Crippen molar-refractivity contribution in [1.29, 1.82) is 0 Å². The van der Waals surface area contributed by atoms with Crippen molar-refractivity contribution >= 4 is 26.5 Å². The van der Waals surface area contributed by atoms with Crippen molar-refractivity contribution < 1.29 is 9.53 Å². The zero-order valence-electron chi connectivity index (χ0n) is 15.1. The largest absolute Gasteiger partial charge is 0.456 e. The fourth-order valence-corrected chi connectivity index (χ4v) is 5.43. The van der Waals surface area contributed by atoms with Gasteiger partial charge in [0.25, 0.3) is 0 Å². The average molecular weight is 364 g/mol. The molecule has 0 spiro atoms. The van der Waals surface area contributed by atoms with Crippen molar-refractivity contribution in [1.82, 2.24) is 0 Å². The summed E-state index contributed by atoms with van der Waals surface area (Å²) in [5.41, 5.74) is 0.168. The summed E-state index contributed by atoms with van der Waals surface area (Å²) in [5.74, 6) is 0.131. The Morgan fingerprint density at radius 2 is 1.69 bits per heavy atom. The van der Waals surface area contributed by atoms with Crippen LogP contribution in [0.25, 0.3) is 15.0 Å². The summed E-state index contributed by atoms with van der Waals surface area (Å²) < 4.78 is 7.18. The zero-order valence-corrected chi connectivity index (χ0v) is 16.0. The van der Waals surface area contributed by atoms with Crippen LogP contribution in [-0.4, -0.2) is 11.6 Å². The molecule has 0 N–H and O–H groups in total. The summed E-state index contributed by atoms with van der Waals surface area (Å²) in [6, 6.07) is 18.5. The minimum atomic E-state index is -0.450. The van der Waals surface area contributed by atoms with Gasteiger partial charge < -0.3 is 4.74 Å². The number of ether oxygens (including phenoxy) is 1. The van der Waals surface area contributed by atoms with Crippen LogP contribution in [0.15, 0.2) is 72.1 Å². The van der Waals surface area contributed by atoms with E-state index in [0.29, 0.717) is 11.5 Å². The van der Waals surface area contributed by atoms with Crippen LogP contribution in [0, 0.1) is 5.92 Å². The molecule has 0 saturated carbocycles. The predicted molar refractivity (Wildman–Crippen MR) is 109 cm³/mol. The van der Waals surface area contributed by atoms with Crippen LogP contribution in [0.4, 0.5) is 0 Å². The molecule has 0 bridgehead atoms. The van der Waals surface area contributed by atoms with E-state index in [1.165, 1.54) is 15.0 Å². The maximum atomic E-state index is 12.6. The first kappa shape index (κ1) is 17.0. The van der Waals surface area contributed by atoms with Crippen LogP contribution in [0.2, 0.25) is 0 Å². The van der Waals surface area contributed by atoms with Gasteiger partial charge in [0.1, 0.15) is 11.0 Å². The summed E-state index contributed by atoms with van der Waals surface area (Å²) in [6.45, 7) is 4.02. The molecule has 0 amide bonds. The maximum Gasteiger partial charge on any atom is 0.338 e. The predicted octanol–water partition coefficient (Wildman–Crippen LogP) is 6.48. The van der Waals surface area contributed by atoms with E-state index in [1.807, 2.05) is 26.0 Å². The van der Waals surface area contributed by atoms with Crippen molar-refractivity contribution in [2.75, 3.05) is 0 Å². The quantitative estimate of drug-likeness (QED) is 0.301. The van der Waals surface area contributed by atoms with Gasteiger partial charge in [-0.2, -0.15) is 0 Å². The van der Waals surface area contributed by atoms with E-state index in [9.17, 15) is 4.79 Å². The molecule has 0 aliphatic heterocycles. The Morgan fingerprint density at radius 1 is 1.00 bits per heavy atom. The molecule has 0 radical (unpaired) electrons. The Bertz CT molecular complexity index is 955. The van der Waals surface area contributed by atoms with Crippen LogP contribution in [-0.2, 0) is 4.74 Å². The van der Waals surface area contributed by atoms with E-state index in [4.69, 9.17) is 4.74 Å². The molecular formula is C23H23O2S+. The number of fused-ring (bicyclic) bond motifs is 1. The minimum Gasteiger partial charge on any atom is -0.456 e. The first-order chi connectivity index (χ1) is 12.5. The monoisotopic (exact) mass is 363 g/mol. The Hall–Kier alpha value is -2.39. The van der Waals surface area contributed by atoms with Crippen molar-refractivity contribution in [3.63, 3.8) is 0 Å². The number of thiophene rings is 1. The van der Waals surface area contributed by atoms with Gasteiger partial charge in [-0.05, 0) is 63.1 Å². The highest BCUT2D eigenvalue weighted by Gasteiger charge is 2.33. The van der Waals surface area contributed by atoms with Gasteiger partial charge in [0.05, 0.1) is 5.56 Å². The summed E-state index contributed by atoms with van der Waals surface area (Å²) in [5, 5.41) is 3.53. The van der Waals surface area contributed by atoms with Gasteiger partial charge in [-0.3, -0.25) is 0 Å². The Labute approximate surface area is 157 Å². The molecule has 1 aromatic heterocycles. The number of rotatable bonds is 4. The highest BCUT2D eigenvalue weighted by molar-refractivity contribution is 7.43. The zero-order chi connectivity index (χ0) is 18.1. The molecule has 1 aliphatic rings. The van der Waals surface area contributed by atoms with Crippen molar-refractivity contribution in [2.24, 2.45) is 5.92 Å². The SMILES string of the molecule is CC(C)(OC(=O)c1ccc(-[s+]2ccc3ccccc32)cc1)C1CC=CC1. The lowest BCUT2D eigenvalue weighted by atomic mass is 9.88. The van der Waals surface area contributed by atoms with Gasteiger partial charge in [-0.15, -0.1) is 0 Å². The van der Waals surface area contributed by atoms with E-state index in [1.54, 1.807) is 0 Å². The molecule has 1 heterocycles. The topological polar surface area (TPSA) is 26.3 Å². The Kier molecular flexibility index (Phi) is 4.41. The summed E-state index contributed by atoms with van der Waals surface area (Å²) in [6.07, 6.45) is 6.30. The summed E-state index contributed by atoms with van der Waals surface area (Å²) >= 11 is 0. The van der Waals surface area contributed by atoms with Crippen molar-refractivity contribution in [2.45, 2.75) is 32.3 Å². The second-order valence-corrected chi connectivity index (χ2v) is 9.19. The number of esters is 1. The fourth-order valence-electron chi connectivity index (χ4n) is 3.54. The second-order valence-electron chi connectivity index (χ2n) is 7.34. The summed E-state index contributed by atoms with van der Waals surface area (Å²) in [7, 11) is -0.0490. The minimum absolute atomic E-state index is 0.0490. The third-order valence-corrected chi connectivity index (χ3v) is 7.26. The molecule has 1 atom stereocenters. The van der Waals surface area contributed by atoms with E-state index in [2.05, 4.69) is 60.0 Å². The molecule has 0 fully saturated rings. The van der Waals surface area contributed by atoms with E-state index >= 15 is 0 Å². The Morgan fingerprint density at radius 3 is 2.42 bits per heavy atom. The lowest BCUT2D eigenvalue weighted by molar-refractivity contribution is -0.0273. The third-order valence-electron chi connectivity index (χ3n) is 5.23. The normalized spacial score (nSPS) is 15.5. The number of hydrogen-bond acceptors (Lipinski definition) is 2. The van der Waals surface area contributed by atoms with Gasteiger partial charge in [-0.1, -0.05) is 24.3 Å². The fraction of sp³-hybridized carbons (Fsp3) is 0.261. The Balaban J connectivity index is 1.53. The van der Waals surface area contributed by atoms with Gasteiger partial charge in [0.15, 0.2) is 9.60 Å². The lowest BCUT2D eigenvalue weighted by Crippen LogP contribution is -2.35. The molecule has 1 aliphatic carbocycles. The maximum absolute atomic E-state index is 12.6. The number of carbonyl (C=O) groups is 1. The average Bonchev–Trinajstić information content (AvgIpc) is 3.32. The molecule has 3 heteroatoms. The van der Waals surface area contributed by atoms with Gasteiger partial charge in [0, 0.05) is 27.8 Å². The molecule has 0 saturated heterocycles. The van der Waals surface area contributed by atoms with Crippen LogP contribution in [0.1, 0.15) is 37.0 Å². The molecule has 2 aromatic carbocycles. The first-order valence-electron chi connectivity index (χ1n) is 9.03. The number of hydrogen-bond donors (Lipinski definition) is 0. The molecule has 3 aromatic rings. The van der Waals surface area contributed by atoms with E-state index < -0.39 is 5.60 Å². The highest BCUT2D eigenvalue weighted by Crippen LogP contribution is 2.39. The van der Waals surface area contributed by atoms with Gasteiger partial charge in [0.2, 0.25) is 0 Å². The van der Waals surface area contributed by atoms with Crippen LogP contribution in [0.3, 0.4) is 0 Å². The van der Waals surface area contributed by atoms with Crippen molar-refractivity contribution in [3.8, 4) is 4.90 Å². The van der Waals surface area contributed by atoms with Gasteiger partial charge in [-0.25, -0.2) is 4.79 Å². The molecular weight excluding hydrogens is 340 g/mol. The van der Waals surface area contributed by atoms with E-state index in [0.717, 1.165) is 12.8 Å². The smallest absolute Gasteiger partial charge is 0.338 e. The molecule has 2 nitrogen and oxygen atoms in total. The molecule has 1 unspecified atom stereocenters. The first-order valence-corrected chi connectivity index (χ1v) is 10.3. The lowest BCUT2D eigenvalue weighted by Gasteiger charge is -2.31. The van der Waals surface area contributed by atoms with Crippen LogP contribution in [0.5, 0.6) is 0 Å². The third kappa shape index (κ3) is 3.19. The summed E-state index contributed by atoms with van der Waals surface area (Å²) in [4.78, 5) is 13.8. The highest BCUT2D eigenvalue weighted by atomic mass is 32.2. The van der Waals surface area contributed by atoms with Crippen LogP contribution >= 0.6 is 10.5 Å². The number of carbonyl (C=O) groups excluding carboxylic acids is 1. The van der Waals surface area contributed by atoms with Crippen molar-refractivity contribution in [3.05, 3.63) is 77.7 Å². The molecule has 4 rings (SSSR count). The standard InChI is InChI=1S/C23H23O2S/c1-23(2,19-8-4-5-9-19)25-22(24)18-11-13-20(14-12-18)26-16-15-17-7-3-6-10-21(17)26/h3-7,10-16,19H,8-9H2,1-2H3/q+1. The molecule has 132 valence electrons. The molecule has 26 heavy (non-hydrogen) atoms.